The number of carbonyl (C=O) groups is 1. The van der Waals surface area contributed by atoms with Crippen LogP contribution in [0, 0.1) is 20.8 Å². The minimum Gasteiger partial charge on any atom is -0.361 e. The Morgan fingerprint density at radius 2 is 2.17 bits per heavy atom. The molecule has 0 unspecified atom stereocenters. The van der Waals surface area contributed by atoms with Gasteiger partial charge in [-0.15, -0.1) is 0 Å². The average Bonchev–Trinajstić information content (AvgIpc) is 3.09. The van der Waals surface area contributed by atoms with Crippen LogP contribution in [0.25, 0.3) is 0 Å². The van der Waals surface area contributed by atoms with E-state index in [9.17, 15) is 4.79 Å². The van der Waals surface area contributed by atoms with Crippen LogP contribution in [-0.4, -0.2) is 25.8 Å². The highest BCUT2D eigenvalue weighted by Crippen LogP contribution is 2.16. The van der Waals surface area contributed by atoms with Crippen molar-refractivity contribution in [1.82, 2.24) is 25.2 Å². The molecule has 24 heavy (non-hydrogen) atoms. The van der Waals surface area contributed by atoms with Gasteiger partial charge in [-0.3, -0.25) is 14.5 Å². The van der Waals surface area contributed by atoms with E-state index in [0.29, 0.717) is 24.5 Å². The molecule has 0 fully saturated rings. The van der Waals surface area contributed by atoms with Crippen LogP contribution in [0.5, 0.6) is 0 Å². The number of rotatable bonds is 5. The zero-order chi connectivity index (χ0) is 17.1. The fourth-order valence-corrected chi connectivity index (χ4v) is 2.51. The maximum absolute atomic E-state index is 12.4. The molecule has 0 bridgehead atoms. The first-order valence-electron chi connectivity index (χ1n) is 7.68. The number of nitrogens with one attached hydrogen (secondary N) is 1. The average molecular weight is 325 g/mol. The number of nitrogens with zero attached hydrogens (tertiary/aromatic N) is 4. The van der Waals surface area contributed by atoms with Crippen molar-refractivity contribution in [2.75, 3.05) is 0 Å². The molecular weight excluding hydrogens is 306 g/mol. The Balaban J connectivity index is 1.76. The van der Waals surface area contributed by atoms with Gasteiger partial charge < -0.3 is 9.84 Å². The minimum atomic E-state index is -0.271. The monoisotopic (exact) mass is 325 g/mol. The third-order valence-electron chi connectivity index (χ3n) is 3.79. The summed E-state index contributed by atoms with van der Waals surface area (Å²) in [6.45, 7) is 6.55. The Kier molecular flexibility index (Phi) is 4.41. The molecule has 1 amide bonds. The molecule has 124 valence electrons. The number of hydrogen-bond donors (Lipinski definition) is 1. The molecule has 0 atom stereocenters. The van der Waals surface area contributed by atoms with Gasteiger partial charge in [0, 0.05) is 30.2 Å². The summed E-state index contributed by atoms with van der Waals surface area (Å²) in [6.07, 6.45) is 3.41. The number of aryl methyl sites for hydroxylation is 3. The van der Waals surface area contributed by atoms with Crippen LogP contribution in [0.4, 0.5) is 0 Å². The summed E-state index contributed by atoms with van der Waals surface area (Å²) >= 11 is 0. The molecule has 0 aromatic carbocycles. The van der Waals surface area contributed by atoms with E-state index in [1.165, 1.54) is 0 Å². The van der Waals surface area contributed by atoms with Gasteiger partial charge in [-0.2, -0.15) is 5.10 Å². The van der Waals surface area contributed by atoms with Crippen LogP contribution in [0.3, 0.4) is 0 Å². The van der Waals surface area contributed by atoms with Crippen LogP contribution >= 0.6 is 0 Å². The minimum absolute atomic E-state index is 0.271. The van der Waals surface area contributed by atoms with E-state index in [4.69, 9.17) is 4.52 Å². The van der Waals surface area contributed by atoms with E-state index in [0.717, 1.165) is 22.5 Å². The molecule has 7 nitrogen and oxygen atoms in total. The molecular formula is C17H19N5O2. The van der Waals surface area contributed by atoms with Crippen LogP contribution < -0.4 is 5.32 Å². The summed E-state index contributed by atoms with van der Waals surface area (Å²) in [4.78, 5) is 16.5. The Bertz CT molecular complexity index is 851. The molecule has 3 heterocycles. The predicted octanol–water partition coefficient (Wildman–Crippen LogP) is 2.17. The third kappa shape index (κ3) is 3.34. The van der Waals surface area contributed by atoms with Crippen molar-refractivity contribution in [2.24, 2.45) is 0 Å². The van der Waals surface area contributed by atoms with Gasteiger partial charge in [0.1, 0.15) is 5.76 Å². The van der Waals surface area contributed by atoms with Gasteiger partial charge in [-0.25, -0.2) is 0 Å². The molecule has 0 radical (unpaired) electrons. The lowest BCUT2D eigenvalue weighted by atomic mass is 10.1. The van der Waals surface area contributed by atoms with Gasteiger partial charge in [-0.1, -0.05) is 11.2 Å². The predicted molar refractivity (Wildman–Crippen MR) is 87.5 cm³/mol. The van der Waals surface area contributed by atoms with Crippen LogP contribution in [-0.2, 0) is 13.1 Å². The third-order valence-corrected chi connectivity index (χ3v) is 3.79. The second kappa shape index (κ2) is 6.66. The lowest BCUT2D eigenvalue weighted by Crippen LogP contribution is -2.25. The zero-order valence-corrected chi connectivity index (χ0v) is 13.9. The largest absolute Gasteiger partial charge is 0.361 e. The first-order chi connectivity index (χ1) is 11.5. The molecule has 3 aromatic rings. The van der Waals surface area contributed by atoms with Crippen LogP contribution in [0.1, 0.15) is 38.8 Å². The SMILES string of the molecule is Cc1cc(C)n(Cc2c(C(=O)NCc3cccnc3)noc2C)n1. The lowest BCUT2D eigenvalue weighted by molar-refractivity contribution is 0.0941. The second-order valence-electron chi connectivity index (χ2n) is 5.69. The van der Waals surface area contributed by atoms with Gasteiger partial charge >= 0.3 is 0 Å². The highest BCUT2D eigenvalue weighted by molar-refractivity contribution is 5.93. The molecule has 0 aliphatic rings. The number of aromatic nitrogens is 4. The summed E-state index contributed by atoms with van der Waals surface area (Å²) in [6, 6.07) is 5.72. The summed E-state index contributed by atoms with van der Waals surface area (Å²) in [5.41, 5.74) is 3.92. The van der Waals surface area contributed by atoms with Crippen molar-refractivity contribution >= 4 is 5.91 Å². The smallest absolute Gasteiger partial charge is 0.274 e. The van der Waals surface area contributed by atoms with Gasteiger partial charge in [0.15, 0.2) is 5.69 Å². The van der Waals surface area contributed by atoms with Gasteiger partial charge in [0.25, 0.3) is 5.91 Å². The van der Waals surface area contributed by atoms with Gasteiger partial charge in [0.2, 0.25) is 0 Å². The van der Waals surface area contributed by atoms with Crippen LogP contribution in [0.15, 0.2) is 35.1 Å². The fourth-order valence-electron chi connectivity index (χ4n) is 2.51. The van der Waals surface area contributed by atoms with Crippen LogP contribution in [0.2, 0.25) is 0 Å². The van der Waals surface area contributed by atoms with E-state index in [-0.39, 0.29) is 5.91 Å². The summed E-state index contributed by atoms with van der Waals surface area (Å²) in [7, 11) is 0. The first-order valence-corrected chi connectivity index (χ1v) is 7.68. The Labute approximate surface area is 139 Å². The molecule has 3 aromatic heterocycles. The van der Waals surface area contributed by atoms with E-state index in [1.807, 2.05) is 36.7 Å². The van der Waals surface area contributed by atoms with Crippen molar-refractivity contribution in [3.63, 3.8) is 0 Å². The number of hydrogen-bond acceptors (Lipinski definition) is 5. The Morgan fingerprint density at radius 1 is 1.33 bits per heavy atom. The number of carbonyl (C=O) groups excluding carboxylic acids is 1. The maximum atomic E-state index is 12.4. The van der Waals surface area contributed by atoms with E-state index >= 15 is 0 Å². The van der Waals surface area contributed by atoms with Crippen molar-refractivity contribution in [3.05, 3.63) is 64.6 Å². The Hall–Kier alpha value is -2.96. The zero-order valence-electron chi connectivity index (χ0n) is 13.9. The van der Waals surface area contributed by atoms with E-state index in [1.54, 1.807) is 19.3 Å². The highest BCUT2D eigenvalue weighted by Gasteiger charge is 2.20. The quantitative estimate of drug-likeness (QED) is 0.777. The fraction of sp³-hybridized carbons (Fsp3) is 0.294. The molecule has 0 saturated heterocycles. The molecule has 0 aliphatic heterocycles. The summed E-state index contributed by atoms with van der Waals surface area (Å²) in [5, 5.41) is 11.2. The maximum Gasteiger partial charge on any atom is 0.274 e. The van der Waals surface area contributed by atoms with Crippen molar-refractivity contribution in [2.45, 2.75) is 33.9 Å². The van der Waals surface area contributed by atoms with E-state index in [2.05, 4.69) is 20.6 Å². The highest BCUT2D eigenvalue weighted by atomic mass is 16.5. The second-order valence-corrected chi connectivity index (χ2v) is 5.69. The van der Waals surface area contributed by atoms with E-state index < -0.39 is 0 Å². The molecule has 0 saturated carbocycles. The Morgan fingerprint density at radius 3 is 2.83 bits per heavy atom. The molecule has 7 heteroatoms. The van der Waals surface area contributed by atoms with Crippen molar-refractivity contribution in [1.29, 1.82) is 0 Å². The summed E-state index contributed by atoms with van der Waals surface area (Å²) < 4.78 is 7.06. The topological polar surface area (TPSA) is 85.8 Å². The van der Waals surface area contributed by atoms with Gasteiger partial charge in [0.05, 0.1) is 12.2 Å². The van der Waals surface area contributed by atoms with Crippen molar-refractivity contribution < 1.29 is 9.32 Å². The molecule has 1 N–H and O–H groups in total. The van der Waals surface area contributed by atoms with Gasteiger partial charge in [-0.05, 0) is 38.5 Å². The number of amides is 1. The molecule has 0 spiro atoms. The summed E-state index contributed by atoms with van der Waals surface area (Å²) in [5.74, 6) is 0.348. The molecule has 3 rings (SSSR count). The molecule has 0 aliphatic carbocycles. The number of pyridine rings is 1. The first kappa shape index (κ1) is 15.9. The normalized spacial score (nSPS) is 10.8. The van der Waals surface area contributed by atoms with Crippen molar-refractivity contribution in [3.8, 4) is 0 Å². The standard InChI is InChI=1S/C17H19N5O2/c1-11-7-12(2)22(20-11)10-15-13(3)24-21-16(15)17(23)19-9-14-5-4-6-18-8-14/h4-8H,9-10H2,1-3H3,(H,19,23). The lowest BCUT2D eigenvalue weighted by Gasteiger charge is -2.06.